The van der Waals surface area contributed by atoms with E-state index in [4.69, 9.17) is 21.3 Å². The number of halogens is 1. The number of hydrogen-bond acceptors (Lipinski definition) is 8. The summed E-state index contributed by atoms with van der Waals surface area (Å²) in [5.41, 5.74) is 2.13. The zero-order chi connectivity index (χ0) is 30.3. The van der Waals surface area contributed by atoms with Crippen molar-refractivity contribution in [3.05, 3.63) is 71.1 Å². The Kier molecular flexibility index (Phi) is 10.2. The Balaban J connectivity index is 0.987. The Hall–Kier alpha value is -3.40. The first kappa shape index (κ1) is 30.6. The fourth-order valence-electron chi connectivity index (χ4n) is 6.50. The largest absolute Gasteiger partial charge is 0.457 e. The van der Waals surface area contributed by atoms with E-state index in [-0.39, 0.29) is 6.04 Å². The van der Waals surface area contributed by atoms with Gasteiger partial charge in [0.2, 0.25) is 5.91 Å². The topological polar surface area (TPSA) is 77.1 Å². The number of piperazine rings is 1. The molecule has 1 N–H and O–H groups in total. The minimum absolute atomic E-state index is 0.119. The number of aromatic nitrogens is 2. The number of nitrogens with zero attached hydrogens (tertiary/aromatic N) is 6. The van der Waals surface area contributed by atoms with Crippen LogP contribution in [0.15, 0.2) is 54.7 Å². The van der Waals surface area contributed by atoms with Gasteiger partial charge in [-0.15, -0.1) is 0 Å². The summed E-state index contributed by atoms with van der Waals surface area (Å²) in [4.78, 5) is 31.4. The Bertz CT molecular complexity index is 1410. The molecule has 234 valence electrons. The van der Waals surface area contributed by atoms with Crippen LogP contribution in [-0.2, 0) is 4.79 Å². The highest BCUT2D eigenvalue weighted by atomic mass is 35.5. The number of likely N-dealkylation sites (tertiary alicyclic amines) is 1. The first-order chi connectivity index (χ1) is 21.5. The molecular formula is C34H44ClN7O2. The highest BCUT2D eigenvalue weighted by Crippen LogP contribution is 2.35. The third-order valence-electron chi connectivity index (χ3n) is 8.95. The average Bonchev–Trinajstić information content (AvgIpc) is 3.57. The van der Waals surface area contributed by atoms with Crippen molar-refractivity contribution in [2.24, 2.45) is 0 Å². The standard InChI is InChI=1S/C34H44ClN7O2/c1-26-36-25-31-32(38-28-8-5-10-30(24-28)44-29-9-4-7-27(35)23-29)11-18-42(34(31)37-26)16-6-13-39-19-21-40(22-20-39)17-12-33(43)41-14-2-3-15-41/h4-5,7-10,23-25,32,38H,2-3,6,11-22H2,1H3. The molecule has 0 radical (unpaired) electrons. The highest BCUT2D eigenvalue weighted by Gasteiger charge is 2.28. The van der Waals surface area contributed by atoms with E-state index in [1.165, 1.54) is 0 Å². The maximum atomic E-state index is 12.4. The smallest absolute Gasteiger partial charge is 0.223 e. The van der Waals surface area contributed by atoms with Gasteiger partial charge < -0.3 is 29.7 Å². The van der Waals surface area contributed by atoms with Crippen molar-refractivity contribution in [3.8, 4) is 11.5 Å². The van der Waals surface area contributed by atoms with E-state index in [1.807, 2.05) is 60.5 Å². The van der Waals surface area contributed by atoms with E-state index < -0.39 is 0 Å². The SMILES string of the molecule is Cc1ncc2c(n1)N(CCCN1CCN(CCC(=O)N3CCCC3)CC1)CCC2Nc1cccc(Oc2cccc(Cl)c2)c1. The van der Waals surface area contributed by atoms with Crippen LogP contribution in [0.2, 0.25) is 5.02 Å². The maximum absolute atomic E-state index is 12.4. The molecule has 3 aliphatic heterocycles. The van der Waals surface area contributed by atoms with Crippen LogP contribution in [0.25, 0.3) is 0 Å². The molecular weight excluding hydrogens is 574 g/mol. The molecule has 2 aromatic carbocycles. The lowest BCUT2D eigenvalue weighted by atomic mass is 10.00. The van der Waals surface area contributed by atoms with Gasteiger partial charge in [-0.2, -0.15) is 0 Å². The first-order valence-electron chi connectivity index (χ1n) is 16.1. The lowest BCUT2D eigenvalue weighted by Gasteiger charge is -2.37. The highest BCUT2D eigenvalue weighted by molar-refractivity contribution is 6.30. The molecule has 0 aliphatic carbocycles. The van der Waals surface area contributed by atoms with Crippen molar-refractivity contribution in [3.63, 3.8) is 0 Å². The third kappa shape index (κ3) is 8.00. The molecule has 1 atom stereocenters. The fraction of sp³-hybridized carbons (Fsp3) is 0.500. The van der Waals surface area contributed by atoms with E-state index in [2.05, 4.69) is 31.1 Å². The van der Waals surface area contributed by atoms with Crippen LogP contribution in [-0.4, -0.2) is 96.0 Å². The summed E-state index contributed by atoms with van der Waals surface area (Å²) >= 11 is 6.13. The molecule has 4 heterocycles. The second kappa shape index (κ2) is 14.6. The second-order valence-corrected chi connectivity index (χ2v) is 12.6. The molecule has 3 aliphatic rings. The number of nitrogens with one attached hydrogen (secondary N) is 1. The summed E-state index contributed by atoms with van der Waals surface area (Å²) in [5.74, 6) is 3.64. The van der Waals surface area contributed by atoms with E-state index >= 15 is 0 Å². The zero-order valence-corrected chi connectivity index (χ0v) is 26.5. The normalized spacial score (nSPS) is 19.2. The summed E-state index contributed by atoms with van der Waals surface area (Å²) in [6.07, 6.45) is 7.03. The second-order valence-electron chi connectivity index (χ2n) is 12.1. The minimum Gasteiger partial charge on any atom is -0.457 e. The molecule has 3 aromatic rings. The van der Waals surface area contributed by atoms with Gasteiger partial charge in [-0.1, -0.05) is 23.7 Å². The monoisotopic (exact) mass is 617 g/mol. The van der Waals surface area contributed by atoms with Gasteiger partial charge in [-0.05, 0) is 69.5 Å². The number of ether oxygens (including phenoxy) is 1. The zero-order valence-electron chi connectivity index (χ0n) is 25.8. The van der Waals surface area contributed by atoms with Crippen LogP contribution < -0.4 is 15.0 Å². The number of carbonyl (C=O) groups is 1. The summed E-state index contributed by atoms with van der Waals surface area (Å²) in [6, 6.07) is 15.6. The molecule has 9 nitrogen and oxygen atoms in total. The summed E-state index contributed by atoms with van der Waals surface area (Å²) in [5, 5.41) is 4.36. The molecule has 44 heavy (non-hydrogen) atoms. The number of carbonyl (C=O) groups excluding carboxylic acids is 1. The molecule has 6 rings (SSSR count). The molecule has 0 spiro atoms. The van der Waals surface area contributed by atoms with Gasteiger partial charge >= 0.3 is 0 Å². The molecule has 0 bridgehead atoms. The average molecular weight is 618 g/mol. The van der Waals surface area contributed by atoms with Crippen LogP contribution in [0.1, 0.15) is 49.5 Å². The van der Waals surface area contributed by atoms with Gasteiger partial charge in [0.15, 0.2) is 0 Å². The Morgan fingerprint density at radius 1 is 0.932 bits per heavy atom. The number of aryl methyl sites for hydroxylation is 1. The lowest BCUT2D eigenvalue weighted by molar-refractivity contribution is -0.130. The number of amides is 1. The molecule has 1 unspecified atom stereocenters. The van der Waals surface area contributed by atoms with E-state index in [0.29, 0.717) is 23.1 Å². The quantitative estimate of drug-likeness (QED) is 0.297. The van der Waals surface area contributed by atoms with Crippen molar-refractivity contribution in [2.45, 2.75) is 45.1 Å². The van der Waals surface area contributed by atoms with Crippen molar-refractivity contribution in [1.82, 2.24) is 24.7 Å². The van der Waals surface area contributed by atoms with Crippen LogP contribution >= 0.6 is 11.6 Å². The number of hydrogen-bond donors (Lipinski definition) is 1. The van der Waals surface area contributed by atoms with Crippen LogP contribution in [0.3, 0.4) is 0 Å². The molecule has 2 saturated heterocycles. The van der Waals surface area contributed by atoms with Crippen LogP contribution in [0, 0.1) is 6.92 Å². The van der Waals surface area contributed by atoms with E-state index in [0.717, 1.165) is 120 Å². The van der Waals surface area contributed by atoms with Crippen molar-refractivity contribution >= 4 is 29.0 Å². The van der Waals surface area contributed by atoms with Gasteiger partial charge in [0.05, 0.1) is 6.04 Å². The molecule has 1 aromatic heterocycles. The number of anilines is 2. The fourth-order valence-corrected chi connectivity index (χ4v) is 6.68. The Labute approximate surface area is 266 Å². The number of fused-ring (bicyclic) bond motifs is 1. The summed E-state index contributed by atoms with van der Waals surface area (Å²) in [6.45, 7) is 12.0. The predicted molar refractivity (Wildman–Crippen MR) is 176 cm³/mol. The van der Waals surface area contributed by atoms with Gasteiger partial charge in [0.25, 0.3) is 0 Å². The predicted octanol–water partition coefficient (Wildman–Crippen LogP) is 5.61. The van der Waals surface area contributed by atoms with Gasteiger partial charge in [-0.25, -0.2) is 9.97 Å². The molecule has 1 amide bonds. The summed E-state index contributed by atoms with van der Waals surface area (Å²) < 4.78 is 6.05. The molecule has 0 saturated carbocycles. The van der Waals surface area contributed by atoms with Crippen molar-refractivity contribution in [1.29, 1.82) is 0 Å². The Morgan fingerprint density at radius 2 is 1.66 bits per heavy atom. The lowest BCUT2D eigenvalue weighted by Crippen LogP contribution is -2.48. The Morgan fingerprint density at radius 3 is 2.43 bits per heavy atom. The maximum Gasteiger partial charge on any atom is 0.223 e. The van der Waals surface area contributed by atoms with Crippen LogP contribution in [0.5, 0.6) is 11.5 Å². The van der Waals surface area contributed by atoms with Crippen molar-refractivity contribution in [2.75, 3.05) is 75.7 Å². The van der Waals surface area contributed by atoms with Gasteiger partial charge in [0.1, 0.15) is 23.1 Å². The van der Waals surface area contributed by atoms with E-state index in [1.54, 1.807) is 0 Å². The molecule has 2 fully saturated rings. The van der Waals surface area contributed by atoms with Crippen molar-refractivity contribution < 1.29 is 9.53 Å². The number of benzene rings is 2. The van der Waals surface area contributed by atoms with Gasteiger partial charge in [0, 0.05) is 93.9 Å². The van der Waals surface area contributed by atoms with Crippen LogP contribution in [0.4, 0.5) is 11.5 Å². The third-order valence-corrected chi connectivity index (χ3v) is 9.19. The minimum atomic E-state index is 0.119. The molecule has 10 heteroatoms. The van der Waals surface area contributed by atoms with E-state index in [9.17, 15) is 4.79 Å². The van der Waals surface area contributed by atoms with Gasteiger partial charge in [-0.3, -0.25) is 4.79 Å². The summed E-state index contributed by atoms with van der Waals surface area (Å²) in [7, 11) is 0. The first-order valence-corrected chi connectivity index (χ1v) is 16.5. The number of rotatable bonds is 11.